The second-order valence-electron chi connectivity index (χ2n) is 4.06. The number of rotatable bonds is 4. The normalized spacial score (nSPS) is 10.3. The Hall–Kier alpha value is -1.95. The standard InChI is InChI=1S/C13H15N3O2S/c1-8-6-10(19-9(8)2)7-15-11-4-5-14-12(16-11)13(17)18-3/h4-6H,7H2,1-3H3,(H,14,15,16). The van der Waals surface area contributed by atoms with E-state index >= 15 is 0 Å². The number of hydrogen-bond acceptors (Lipinski definition) is 6. The van der Waals surface area contributed by atoms with Crippen molar-refractivity contribution < 1.29 is 9.53 Å². The molecule has 0 saturated heterocycles. The van der Waals surface area contributed by atoms with Crippen LogP contribution >= 0.6 is 11.3 Å². The number of carbonyl (C=O) groups excluding carboxylic acids is 1. The third kappa shape index (κ3) is 3.29. The SMILES string of the molecule is COC(=O)c1nccc(NCc2cc(C)c(C)s2)n1. The van der Waals surface area contributed by atoms with E-state index in [-0.39, 0.29) is 5.82 Å². The Morgan fingerprint density at radius 2 is 2.26 bits per heavy atom. The molecule has 100 valence electrons. The molecule has 0 spiro atoms. The molecule has 0 fully saturated rings. The highest BCUT2D eigenvalue weighted by atomic mass is 32.1. The number of aryl methyl sites for hydroxylation is 2. The first-order valence-electron chi connectivity index (χ1n) is 5.81. The van der Waals surface area contributed by atoms with Crippen LogP contribution in [-0.4, -0.2) is 23.0 Å². The molecule has 0 aromatic carbocycles. The monoisotopic (exact) mass is 277 g/mol. The van der Waals surface area contributed by atoms with Crippen LogP contribution in [0.3, 0.4) is 0 Å². The maximum atomic E-state index is 11.3. The van der Waals surface area contributed by atoms with E-state index in [0.717, 1.165) is 0 Å². The van der Waals surface area contributed by atoms with Crippen molar-refractivity contribution in [2.45, 2.75) is 20.4 Å². The van der Waals surface area contributed by atoms with Crippen molar-refractivity contribution in [3.63, 3.8) is 0 Å². The van der Waals surface area contributed by atoms with Gasteiger partial charge in [0.1, 0.15) is 5.82 Å². The summed E-state index contributed by atoms with van der Waals surface area (Å²) in [7, 11) is 1.31. The van der Waals surface area contributed by atoms with Gasteiger partial charge in [0.25, 0.3) is 0 Å². The van der Waals surface area contributed by atoms with Gasteiger partial charge in [-0.25, -0.2) is 14.8 Å². The number of ether oxygens (including phenoxy) is 1. The molecule has 1 N–H and O–H groups in total. The Morgan fingerprint density at radius 1 is 1.47 bits per heavy atom. The molecule has 2 aromatic rings. The minimum Gasteiger partial charge on any atom is -0.463 e. The number of carbonyl (C=O) groups is 1. The summed E-state index contributed by atoms with van der Waals surface area (Å²) in [4.78, 5) is 21.8. The van der Waals surface area contributed by atoms with Gasteiger partial charge in [-0.05, 0) is 31.5 Å². The zero-order valence-corrected chi connectivity index (χ0v) is 11.9. The lowest BCUT2D eigenvalue weighted by Crippen LogP contribution is -2.09. The van der Waals surface area contributed by atoms with E-state index in [4.69, 9.17) is 0 Å². The van der Waals surface area contributed by atoms with E-state index in [9.17, 15) is 4.79 Å². The molecule has 5 nitrogen and oxygen atoms in total. The third-order valence-electron chi connectivity index (χ3n) is 2.68. The summed E-state index contributed by atoms with van der Waals surface area (Å²) in [6.07, 6.45) is 1.53. The summed E-state index contributed by atoms with van der Waals surface area (Å²) >= 11 is 1.75. The average molecular weight is 277 g/mol. The Kier molecular flexibility index (Phi) is 4.11. The lowest BCUT2D eigenvalue weighted by atomic mass is 10.3. The lowest BCUT2D eigenvalue weighted by molar-refractivity contribution is 0.0587. The molecule has 0 aliphatic rings. The molecule has 0 atom stereocenters. The van der Waals surface area contributed by atoms with Crippen LogP contribution in [0.1, 0.15) is 25.9 Å². The number of anilines is 1. The molecular formula is C13H15N3O2S. The Bertz CT molecular complexity index is 576. The van der Waals surface area contributed by atoms with Crippen LogP contribution in [0.4, 0.5) is 5.82 Å². The smallest absolute Gasteiger partial charge is 0.376 e. The number of esters is 1. The first-order chi connectivity index (χ1) is 9.10. The molecule has 2 rings (SSSR count). The average Bonchev–Trinajstić information content (AvgIpc) is 2.75. The van der Waals surface area contributed by atoms with E-state index in [1.165, 1.54) is 28.6 Å². The molecule has 0 aliphatic carbocycles. The van der Waals surface area contributed by atoms with Crippen LogP contribution in [0.5, 0.6) is 0 Å². The van der Waals surface area contributed by atoms with Gasteiger partial charge in [0, 0.05) is 16.0 Å². The predicted molar refractivity (Wildman–Crippen MR) is 74.5 cm³/mol. The van der Waals surface area contributed by atoms with Crippen LogP contribution in [0.2, 0.25) is 0 Å². The number of nitrogens with zero attached hydrogens (tertiary/aromatic N) is 2. The van der Waals surface area contributed by atoms with Gasteiger partial charge in [-0.15, -0.1) is 11.3 Å². The highest BCUT2D eigenvalue weighted by Crippen LogP contribution is 2.21. The van der Waals surface area contributed by atoms with Gasteiger partial charge in [0.15, 0.2) is 0 Å². The molecule has 0 bridgehead atoms. The minimum atomic E-state index is -0.536. The molecule has 6 heteroatoms. The fourth-order valence-electron chi connectivity index (χ4n) is 1.56. The summed E-state index contributed by atoms with van der Waals surface area (Å²) < 4.78 is 4.58. The molecule has 0 aliphatic heterocycles. The number of methoxy groups -OCH3 is 1. The van der Waals surface area contributed by atoms with E-state index in [1.807, 2.05) is 0 Å². The van der Waals surface area contributed by atoms with Crippen LogP contribution in [0, 0.1) is 13.8 Å². The predicted octanol–water partition coefficient (Wildman–Crippen LogP) is 2.55. The molecule has 19 heavy (non-hydrogen) atoms. The van der Waals surface area contributed by atoms with E-state index in [0.29, 0.717) is 12.4 Å². The highest BCUT2D eigenvalue weighted by Gasteiger charge is 2.09. The zero-order chi connectivity index (χ0) is 13.8. The second kappa shape index (κ2) is 5.79. The molecule has 0 saturated carbocycles. The lowest BCUT2D eigenvalue weighted by Gasteiger charge is -2.04. The second-order valence-corrected chi connectivity index (χ2v) is 5.40. The van der Waals surface area contributed by atoms with E-state index < -0.39 is 5.97 Å². The largest absolute Gasteiger partial charge is 0.463 e. The summed E-state index contributed by atoms with van der Waals surface area (Å²) in [6.45, 7) is 4.87. The van der Waals surface area contributed by atoms with Crippen molar-refractivity contribution in [3.8, 4) is 0 Å². The Labute approximate surface area is 115 Å². The molecule has 2 heterocycles. The van der Waals surface area contributed by atoms with Crippen molar-refractivity contribution in [2.75, 3.05) is 12.4 Å². The zero-order valence-electron chi connectivity index (χ0n) is 11.1. The van der Waals surface area contributed by atoms with Gasteiger partial charge >= 0.3 is 5.97 Å². The van der Waals surface area contributed by atoms with Crippen molar-refractivity contribution in [1.82, 2.24) is 9.97 Å². The number of aromatic nitrogens is 2. The fraction of sp³-hybridized carbons (Fsp3) is 0.308. The molecule has 0 radical (unpaired) electrons. The van der Waals surface area contributed by atoms with Gasteiger partial charge in [-0.1, -0.05) is 0 Å². The van der Waals surface area contributed by atoms with E-state index in [1.54, 1.807) is 17.4 Å². The van der Waals surface area contributed by atoms with Crippen LogP contribution in [0.25, 0.3) is 0 Å². The topological polar surface area (TPSA) is 64.1 Å². The Balaban J connectivity index is 2.05. The summed E-state index contributed by atoms with van der Waals surface area (Å²) in [5.74, 6) is 0.136. The summed E-state index contributed by atoms with van der Waals surface area (Å²) in [5, 5.41) is 3.17. The summed E-state index contributed by atoms with van der Waals surface area (Å²) in [5.41, 5.74) is 1.29. The maximum Gasteiger partial charge on any atom is 0.376 e. The van der Waals surface area contributed by atoms with Crippen molar-refractivity contribution >= 4 is 23.1 Å². The molecular weight excluding hydrogens is 262 g/mol. The minimum absolute atomic E-state index is 0.0611. The molecule has 0 amide bonds. The van der Waals surface area contributed by atoms with Gasteiger partial charge in [0.05, 0.1) is 13.7 Å². The van der Waals surface area contributed by atoms with Gasteiger partial charge in [0.2, 0.25) is 5.82 Å². The molecule has 2 aromatic heterocycles. The van der Waals surface area contributed by atoms with Gasteiger partial charge < -0.3 is 10.1 Å². The van der Waals surface area contributed by atoms with Crippen LogP contribution < -0.4 is 5.32 Å². The fourth-order valence-corrected chi connectivity index (χ4v) is 2.55. The van der Waals surface area contributed by atoms with Crippen molar-refractivity contribution in [1.29, 1.82) is 0 Å². The first kappa shape index (κ1) is 13.5. The number of thiophene rings is 1. The van der Waals surface area contributed by atoms with Crippen LogP contribution in [0.15, 0.2) is 18.3 Å². The third-order valence-corrected chi connectivity index (χ3v) is 3.84. The van der Waals surface area contributed by atoms with E-state index in [2.05, 4.69) is 39.9 Å². The number of nitrogens with one attached hydrogen (secondary N) is 1. The van der Waals surface area contributed by atoms with Crippen molar-refractivity contribution in [2.24, 2.45) is 0 Å². The van der Waals surface area contributed by atoms with Gasteiger partial charge in [-0.2, -0.15) is 0 Å². The summed E-state index contributed by atoms with van der Waals surface area (Å²) in [6, 6.07) is 3.87. The van der Waals surface area contributed by atoms with Gasteiger partial charge in [-0.3, -0.25) is 0 Å². The maximum absolute atomic E-state index is 11.3. The highest BCUT2D eigenvalue weighted by molar-refractivity contribution is 7.12. The van der Waals surface area contributed by atoms with Crippen molar-refractivity contribution in [3.05, 3.63) is 39.5 Å². The number of hydrogen-bond donors (Lipinski definition) is 1. The quantitative estimate of drug-likeness (QED) is 0.870. The van der Waals surface area contributed by atoms with Crippen LogP contribution in [-0.2, 0) is 11.3 Å². The Morgan fingerprint density at radius 3 is 2.89 bits per heavy atom. The molecule has 0 unspecified atom stereocenters. The first-order valence-corrected chi connectivity index (χ1v) is 6.63.